The molecule has 1 amide bonds. The molecule has 186 valence electrons. The van der Waals surface area contributed by atoms with Crippen molar-refractivity contribution < 1.29 is 9.53 Å². The predicted molar refractivity (Wildman–Crippen MR) is 132 cm³/mol. The van der Waals surface area contributed by atoms with Crippen LogP contribution in [0.4, 0.5) is 17.7 Å². The van der Waals surface area contributed by atoms with E-state index in [1.54, 1.807) is 12.4 Å². The van der Waals surface area contributed by atoms with Gasteiger partial charge in [-0.2, -0.15) is 4.98 Å². The van der Waals surface area contributed by atoms with Crippen LogP contribution in [-0.2, 0) is 16.0 Å². The number of anilines is 3. The second-order valence-electron chi connectivity index (χ2n) is 10.3. The molecule has 0 unspecified atom stereocenters. The maximum absolute atomic E-state index is 13.1. The summed E-state index contributed by atoms with van der Waals surface area (Å²) in [4.78, 5) is 40.4. The number of likely N-dealkylation sites (tertiary alicyclic amines) is 2. The number of hydrogen-bond donors (Lipinski definition) is 1. The Morgan fingerprint density at radius 1 is 1.11 bits per heavy atom. The molecule has 0 radical (unpaired) electrons. The van der Waals surface area contributed by atoms with E-state index in [1.807, 2.05) is 7.05 Å². The van der Waals surface area contributed by atoms with Crippen LogP contribution >= 0.6 is 0 Å². The van der Waals surface area contributed by atoms with Crippen LogP contribution in [0.2, 0.25) is 0 Å². The SMILES string of the molecule is CN1CC[C@H]1C(=O)N1CC[C@](C)(N2CCc3c(-c4cnc(N)nc4)nc(N4CCOCC4)nc32)C1. The Labute approximate surface area is 205 Å². The van der Waals surface area contributed by atoms with Gasteiger partial charge in [-0.25, -0.2) is 15.0 Å². The zero-order chi connectivity index (χ0) is 24.2. The van der Waals surface area contributed by atoms with Crippen LogP contribution in [0.1, 0.15) is 25.3 Å². The summed E-state index contributed by atoms with van der Waals surface area (Å²) >= 11 is 0. The number of hydrogen-bond acceptors (Lipinski definition) is 10. The Morgan fingerprint density at radius 2 is 1.89 bits per heavy atom. The van der Waals surface area contributed by atoms with Gasteiger partial charge < -0.3 is 25.2 Å². The Kier molecular flexibility index (Phi) is 5.48. The number of fused-ring (bicyclic) bond motifs is 1. The number of carbonyl (C=O) groups is 1. The summed E-state index contributed by atoms with van der Waals surface area (Å²) in [5, 5.41) is 0. The molecule has 4 aliphatic heterocycles. The molecule has 2 atom stereocenters. The van der Waals surface area contributed by atoms with Gasteiger partial charge in [0.15, 0.2) is 0 Å². The fourth-order valence-electron chi connectivity index (χ4n) is 5.77. The largest absolute Gasteiger partial charge is 0.378 e. The number of rotatable bonds is 4. The molecular formula is C24H33N9O2. The number of ether oxygens (including phenoxy) is 1. The Bertz CT molecular complexity index is 1120. The first-order valence-corrected chi connectivity index (χ1v) is 12.5. The van der Waals surface area contributed by atoms with E-state index in [0.29, 0.717) is 25.7 Å². The molecule has 0 saturated carbocycles. The molecular weight excluding hydrogens is 446 g/mol. The second-order valence-corrected chi connectivity index (χ2v) is 10.3. The van der Waals surface area contributed by atoms with E-state index in [4.69, 9.17) is 20.4 Å². The van der Waals surface area contributed by atoms with E-state index in [-0.39, 0.29) is 23.4 Å². The lowest BCUT2D eigenvalue weighted by molar-refractivity contribution is -0.139. The predicted octanol–water partition coefficient (Wildman–Crippen LogP) is 0.410. The number of morpholine rings is 1. The third-order valence-electron chi connectivity index (χ3n) is 8.04. The number of nitrogens with two attached hydrogens (primary N) is 1. The highest BCUT2D eigenvalue weighted by atomic mass is 16.5. The van der Waals surface area contributed by atoms with Crippen molar-refractivity contribution in [3.63, 3.8) is 0 Å². The van der Waals surface area contributed by atoms with Gasteiger partial charge in [0.25, 0.3) is 0 Å². The molecule has 11 heteroatoms. The Morgan fingerprint density at radius 3 is 2.57 bits per heavy atom. The van der Waals surface area contributed by atoms with Gasteiger partial charge in [-0.1, -0.05) is 0 Å². The summed E-state index contributed by atoms with van der Waals surface area (Å²) in [6, 6.07) is 0.0376. The highest BCUT2D eigenvalue weighted by molar-refractivity contribution is 5.83. The third-order valence-corrected chi connectivity index (χ3v) is 8.04. The first-order chi connectivity index (χ1) is 16.9. The van der Waals surface area contributed by atoms with E-state index < -0.39 is 0 Å². The van der Waals surface area contributed by atoms with Crippen molar-refractivity contribution in [3.8, 4) is 11.3 Å². The van der Waals surface area contributed by atoms with Crippen LogP contribution in [0, 0.1) is 0 Å². The Hall–Kier alpha value is -3.05. The number of likely N-dealkylation sites (N-methyl/N-ethyl adjacent to an activating group) is 1. The minimum atomic E-state index is -0.172. The topological polar surface area (TPSA) is 117 Å². The van der Waals surface area contributed by atoms with E-state index >= 15 is 0 Å². The summed E-state index contributed by atoms with van der Waals surface area (Å²) in [5.41, 5.74) is 8.40. The van der Waals surface area contributed by atoms with Crippen molar-refractivity contribution in [2.24, 2.45) is 0 Å². The molecule has 2 aromatic heterocycles. The molecule has 2 N–H and O–H groups in total. The summed E-state index contributed by atoms with van der Waals surface area (Å²) in [7, 11) is 2.03. The fourth-order valence-corrected chi connectivity index (χ4v) is 5.77. The van der Waals surface area contributed by atoms with E-state index in [1.165, 1.54) is 0 Å². The second kappa shape index (κ2) is 8.56. The maximum Gasteiger partial charge on any atom is 0.240 e. The Balaban J connectivity index is 1.34. The molecule has 0 bridgehead atoms. The summed E-state index contributed by atoms with van der Waals surface area (Å²) in [5.74, 6) is 2.18. The van der Waals surface area contributed by atoms with Crippen LogP contribution in [-0.4, -0.2) is 107 Å². The zero-order valence-electron chi connectivity index (χ0n) is 20.5. The average Bonchev–Trinajstić information content (AvgIpc) is 3.48. The first-order valence-electron chi connectivity index (χ1n) is 12.5. The van der Waals surface area contributed by atoms with Gasteiger partial charge in [0, 0.05) is 62.8 Å². The quantitative estimate of drug-likeness (QED) is 0.661. The van der Waals surface area contributed by atoms with E-state index in [2.05, 4.69) is 36.5 Å². The number of nitrogens with zero attached hydrogens (tertiary/aromatic N) is 8. The number of amides is 1. The summed E-state index contributed by atoms with van der Waals surface area (Å²) < 4.78 is 5.55. The average molecular weight is 480 g/mol. The smallest absolute Gasteiger partial charge is 0.240 e. The number of aromatic nitrogens is 4. The zero-order valence-corrected chi connectivity index (χ0v) is 20.5. The lowest BCUT2D eigenvalue weighted by atomic mass is 9.99. The molecule has 11 nitrogen and oxygen atoms in total. The van der Waals surface area contributed by atoms with Crippen molar-refractivity contribution in [2.45, 2.75) is 37.8 Å². The first kappa shape index (κ1) is 22.4. The monoisotopic (exact) mass is 479 g/mol. The molecule has 4 aliphatic rings. The molecule has 0 aliphatic carbocycles. The van der Waals surface area contributed by atoms with Crippen molar-refractivity contribution in [1.29, 1.82) is 0 Å². The molecule has 3 fully saturated rings. The normalized spacial score (nSPS) is 26.7. The van der Waals surface area contributed by atoms with Gasteiger partial charge in [-0.15, -0.1) is 0 Å². The third kappa shape index (κ3) is 3.86. The van der Waals surface area contributed by atoms with Crippen molar-refractivity contribution in [1.82, 2.24) is 29.7 Å². The molecule has 2 aromatic rings. The number of carbonyl (C=O) groups excluding carboxylic acids is 1. The van der Waals surface area contributed by atoms with Crippen molar-refractivity contribution >= 4 is 23.6 Å². The van der Waals surface area contributed by atoms with Crippen LogP contribution in [0.25, 0.3) is 11.3 Å². The maximum atomic E-state index is 13.1. The van der Waals surface area contributed by atoms with Gasteiger partial charge in [-0.05, 0) is 33.2 Å². The minimum absolute atomic E-state index is 0.0376. The lowest BCUT2D eigenvalue weighted by Crippen LogP contribution is -2.56. The summed E-state index contributed by atoms with van der Waals surface area (Å²) in [6.45, 7) is 8.45. The van der Waals surface area contributed by atoms with E-state index in [9.17, 15) is 4.79 Å². The standard InChI is InChI=1S/C24H33N9O2/c1-24(5-8-32(15-24)21(34)18-4-6-30(18)2)33-7-3-17-19(16-13-26-22(25)27-14-16)28-23(29-20(17)33)31-9-11-35-12-10-31/h13-14,18H,3-12,15H2,1-2H3,(H2,25,26,27)/t18-,24-/m0/s1. The molecule has 6 heterocycles. The molecule has 35 heavy (non-hydrogen) atoms. The molecule has 0 aromatic carbocycles. The van der Waals surface area contributed by atoms with Crippen molar-refractivity contribution in [2.75, 3.05) is 75.1 Å². The van der Waals surface area contributed by atoms with Gasteiger partial charge in [-0.3, -0.25) is 9.69 Å². The van der Waals surface area contributed by atoms with Gasteiger partial charge in [0.1, 0.15) is 5.82 Å². The summed E-state index contributed by atoms with van der Waals surface area (Å²) in [6.07, 6.45) is 6.20. The van der Waals surface area contributed by atoms with Crippen LogP contribution < -0.4 is 15.5 Å². The van der Waals surface area contributed by atoms with Gasteiger partial charge in [0.05, 0.1) is 30.5 Å². The van der Waals surface area contributed by atoms with Gasteiger partial charge >= 0.3 is 0 Å². The number of nitrogen functional groups attached to an aromatic ring is 1. The highest BCUT2D eigenvalue weighted by Crippen LogP contribution is 2.41. The van der Waals surface area contributed by atoms with E-state index in [0.717, 1.165) is 74.6 Å². The van der Waals surface area contributed by atoms with Crippen molar-refractivity contribution in [3.05, 3.63) is 18.0 Å². The molecule has 0 spiro atoms. The van der Waals surface area contributed by atoms with Crippen LogP contribution in [0.3, 0.4) is 0 Å². The van der Waals surface area contributed by atoms with Crippen LogP contribution in [0.5, 0.6) is 0 Å². The fraction of sp³-hybridized carbons (Fsp3) is 0.625. The van der Waals surface area contributed by atoms with Crippen LogP contribution in [0.15, 0.2) is 12.4 Å². The molecule has 6 rings (SSSR count). The highest BCUT2D eigenvalue weighted by Gasteiger charge is 2.46. The van der Waals surface area contributed by atoms with Gasteiger partial charge in [0.2, 0.25) is 17.8 Å². The minimum Gasteiger partial charge on any atom is -0.378 e. The molecule has 3 saturated heterocycles. The lowest BCUT2D eigenvalue weighted by Gasteiger charge is -2.40.